The molecule has 2 saturated heterocycles. The lowest BCUT2D eigenvalue weighted by Crippen LogP contribution is -2.47. The van der Waals surface area contributed by atoms with Crippen LogP contribution < -0.4 is 5.32 Å². The second kappa shape index (κ2) is 7.64. The molecule has 134 valence electrons. The molecular formula is C18H34N2O2S. The van der Waals surface area contributed by atoms with Crippen LogP contribution in [0.5, 0.6) is 0 Å². The summed E-state index contributed by atoms with van der Waals surface area (Å²) >= 11 is 2.07. The van der Waals surface area contributed by atoms with Gasteiger partial charge in [0.1, 0.15) is 5.60 Å². The number of hydrogen-bond donors (Lipinski definition) is 1. The van der Waals surface area contributed by atoms with Crippen molar-refractivity contribution < 1.29 is 9.53 Å². The van der Waals surface area contributed by atoms with Gasteiger partial charge in [0.25, 0.3) is 0 Å². The van der Waals surface area contributed by atoms with E-state index in [2.05, 4.69) is 30.9 Å². The summed E-state index contributed by atoms with van der Waals surface area (Å²) in [6.07, 6.45) is 3.39. The van der Waals surface area contributed by atoms with Crippen molar-refractivity contribution in [1.82, 2.24) is 10.2 Å². The fourth-order valence-electron chi connectivity index (χ4n) is 3.29. The fraction of sp³-hybridized carbons (Fsp3) is 0.944. The van der Waals surface area contributed by atoms with Crippen LogP contribution in [0.2, 0.25) is 0 Å². The van der Waals surface area contributed by atoms with E-state index in [0.717, 1.165) is 32.5 Å². The number of carbonyl (C=O) groups is 1. The van der Waals surface area contributed by atoms with Crippen LogP contribution in [0.15, 0.2) is 0 Å². The number of nitrogens with zero attached hydrogens (tertiary/aromatic N) is 1. The zero-order valence-corrected chi connectivity index (χ0v) is 16.3. The van der Waals surface area contributed by atoms with E-state index in [1.54, 1.807) is 0 Å². The molecule has 2 heterocycles. The summed E-state index contributed by atoms with van der Waals surface area (Å²) in [5, 5.41) is 3.77. The van der Waals surface area contributed by atoms with Gasteiger partial charge >= 0.3 is 6.09 Å². The van der Waals surface area contributed by atoms with E-state index in [9.17, 15) is 4.79 Å². The largest absolute Gasteiger partial charge is 0.444 e. The first kappa shape index (κ1) is 18.9. The Morgan fingerprint density at radius 2 is 2.13 bits per heavy atom. The molecule has 2 fully saturated rings. The Balaban J connectivity index is 1.69. The average molecular weight is 343 g/mol. The summed E-state index contributed by atoms with van der Waals surface area (Å²) in [6, 6.07) is 0.615. The molecule has 4 nitrogen and oxygen atoms in total. The van der Waals surface area contributed by atoms with Crippen LogP contribution in [0.4, 0.5) is 4.79 Å². The van der Waals surface area contributed by atoms with E-state index in [-0.39, 0.29) is 6.09 Å². The fourth-order valence-corrected chi connectivity index (χ4v) is 4.94. The number of carbonyl (C=O) groups excluding carboxylic acids is 1. The van der Waals surface area contributed by atoms with E-state index in [1.165, 1.54) is 17.9 Å². The number of thioether (sulfide) groups is 1. The predicted octanol–water partition coefficient (Wildman–Crippen LogP) is 3.75. The predicted molar refractivity (Wildman–Crippen MR) is 98.0 cm³/mol. The zero-order valence-electron chi connectivity index (χ0n) is 15.5. The maximum absolute atomic E-state index is 12.1. The molecule has 0 aromatic rings. The molecule has 1 amide bonds. The Morgan fingerprint density at radius 3 is 2.78 bits per heavy atom. The highest BCUT2D eigenvalue weighted by atomic mass is 32.2. The summed E-state index contributed by atoms with van der Waals surface area (Å²) < 4.78 is 5.47. The highest BCUT2D eigenvalue weighted by Gasteiger charge is 2.33. The maximum atomic E-state index is 12.1. The number of ether oxygens (including phenoxy) is 1. The third-order valence-corrected chi connectivity index (χ3v) is 6.06. The van der Waals surface area contributed by atoms with E-state index >= 15 is 0 Å². The standard InChI is InChI=1S/C18H34N2O2S/c1-17(2,3)22-16(21)20-10-7-14(12-20)6-9-19-15-13-23-11-8-18(15,4)5/h14-15,19H,6-13H2,1-5H3. The zero-order chi connectivity index (χ0) is 17.1. The van der Waals surface area contributed by atoms with E-state index in [0.29, 0.717) is 17.4 Å². The molecule has 2 unspecified atom stereocenters. The van der Waals surface area contributed by atoms with Crippen LogP contribution in [0.3, 0.4) is 0 Å². The summed E-state index contributed by atoms with van der Waals surface area (Å²) in [5.74, 6) is 3.12. The van der Waals surface area contributed by atoms with Crippen molar-refractivity contribution in [2.45, 2.75) is 65.5 Å². The second-order valence-corrected chi connectivity index (χ2v) is 9.84. The Hall–Kier alpha value is -0.420. The van der Waals surface area contributed by atoms with E-state index < -0.39 is 5.60 Å². The lowest BCUT2D eigenvalue weighted by Gasteiger charge is -2.39. The van der Waals surface area contributed by atoms with Crippen molar-refractivity contribution in [3.8, 4) is 0 Å². The smallest absolute Gasteiger partial charge is 0.410 e. The summed E-state index contributed by atoms with van der Waals surface area (Å²) in [6.45, 7) is 13.3. The molecule has 0 bridgehead atoms. The van der Waals surface area contributed by atoms with Gasteiger partial charge in [-0.1, -0.05) is 13.8 Å². The number of rotatable bonds is 4. The molecule has 0 spiro atoms. The molecule has 2 aliphatic heterocycles. The van der Waals surface area contributed by atoms with Gasteiger partial charge in [0.15, 0.2) is 0 Å². The van der Waals surface area contributed by atoms with Crippen molar-refractivity contribution >= 4 is 17.9 Å². The Labute approximate surface area is 146 Å². The van der Waals surface area contributed by atoms with Crippen molar-refractivity contribution in [1.29, 1.82) is 0 Å². The molecular weight excluding hydrogens is 308 g/mol. The Bertz CT molecular complexity index is 406. The van der Waals surface area contributed by atoms with Gasteiger partial charge in [0.2, 0.25) is 0 Å². The molecule has 0 aromatic heterocycles. The first-order valence-electron chi connectivity index (χ1n) is 8.96. The highest BCUT2D eigenvalue weighted by Crippen LogP contribution is 2.34. The molecule has 0 aliphatic carbocycles. The van der Waals surface area contributed by atoms with Gasteiger partial charge in [-0.2, -0.15) is 11.8 Å². The summed E-state index contributed by atoms with van der Waals surface area (Å²) in [4.78, 5) is 14.0. The summed E-state index contributed by atoms with van der Waals surface area (Å²) in [5.41, 5.74) is 0.00440. The minimum atomic E-state index is -0.402. The van der Waals surface area contributed by atoms with Gasteiger partial charge < -0.3 is 15.0 Å². The molecule has 23 heavy (non-hydrogen) atoms. The van der Waals surface area contributed by atoms with Crippen molar-refractivity contribution in [2.24, 2.45) is 11.3 Å². The van der Waals surface area contributed by atoms with E-state index in [1.807, 2.05) is 25.7 Å². The third-order valence-electron chi connectivity index (χ3n) is 5.00. The molecule has 0 aromatic carbocycles. The lowest BCUT2D eigenvalue weighted by molar-refractivity contribution is 0.0287. The average Bonchev–Trinajstić information content (AvgIpc) is 2.87. The van der Waals surface area contributed by atoms with Crippen LogP contribution in [0, 0.1) is 11.3 Å². The molecule has 5 heteroatoms. The van der Waals surface area contributed by atoms with Gasteiger partial charge in [-0.3, -0.25) is 0 Å². The Morgan fingerprint density at radius 1 is 1.39 bits per heavy atom. The van der Waals surface area contributed by atoms with Gasteiger partial charge in [-0.15, -0.1) is 0 Å². The first-order valence-corrected chi connectivity index (χ1v) is 10.1. The normalized spacial score (nSPS) is 28.0. The van der Waals surface area contributed by atoms with Gasteiger partial charge in [-0.05, 0) is 63.7 Å². The SMILES string of the molecule is CC(C)(C)OC(=O)N1CCC(CCNC2CSCCC2(C)C)C1. The quantitative estimate of drug-likeness (QED) is 0.845. The number of amides is 1. The van der Waals surface area contributed by atoms with Crippen molar-refractivity contribution in [3.05, 3.63) is 0 Å². The van der Waals surface area contributed by atoms with Gasteiger partial charge in [-0.25, -0.2) is 4.79 Å². The molecule has 0 saturated carbocycles. The van der Waals surface area contributed by atoms with Crippen LogP contribution in [-0.2, 0) is 4.74 Å². The van der Waals surface area contributed by atoms with Crippen LogP contribution in [0.25, 0.3) is 0 Å². The third kappa shape index (κ3) is 5.86. The molecule has 1 N–H and O–H groups in total. The molecule has 2 rings (SSSR count). The van der Waals surface area contributed by atoms with Crippen LogP contribution >= 0.6 is 11.8 Å². The van der Waals surface area contributed by atoms with Crippen molar-refractivity contribution in [3.63, 3.8) is 0 Å². The Kier molecular flexibility index (Phi) is 6.28. The maximum Gasteiger partial charge on any atom is 0.410 e. The molecule has 0 radical (unpaired) electrons. The number of likely N-dealkylation sites (tertiary alicyclic amines) is 1. The van der Waals surface area contributed by atoms with E-state index in [4.69, 9.17) is 4.74 Å². The van der Waals surface area contributed by atoms with Gasteiger partial charge in [0.05, 0.1) is 0 Å². The first-order chi connectivity index (χ1) is 10.7. The topological polar surface area (TPSA) is 41.6 Å². The molecule has 2 aliphatic rings. The lowest BCUT2D eigenvalue weighted by atomic mass is 9.82. The minimum absolute atomic E-state index is 0.155. The van der Waals surface area contributed by atoms with Crippen molar-refractivity contribution in [2.75, 3.05) is 31.1 Å². The number of hydrogen-bond acceptors (Lipinski definition) is 4. The van der Waals surface area contributed by atoms with Crippen LogP contribution in [-0.4, -0.2) is 53.8 Å². The second-order valence-electron chi connectivity index (χ2n) is 8.69. The van der Waals surface area contributed by atoms with Crippen LogP contribution in [0.1, 0.15) is 53.9 Å². The molecule has 2 atom stereocenters. The number of nitrogens with one attached hydrogen (secondary N) is 1. The summed E-state index contributed by atoms with van der Waals surface area (Å²) in [7, 11) is 0. The highest BCUT2D eigenvalue weighted by molar-refractivity contribution is 7.99. The minimum Gasteiger partial charge on any atom is -0.444 e. The monoisotopic (exact) mass is 342 g/mol. The van der Waals surface area contributed by atoms with Gasteiger partial charge in [0, 0.05) is 24.9 Å².